The lowest BCUT2D eigenvalue weighted by atomic mass is 10.1. The summed E-state index contributed by atoms with van der Waals surface area (Å²) < 4.78 is 5.44. The number of nitrogens with two attached hydrogens (primary N) is 1. The molecule has 0 fully saturated rings. The molecule has 5 heteroatoms. The van der Waals surface area contributed by atoms with Gasteiger partial charge in [-0.25, -0.2) is 0 Å². The van der Waals surface area contributed by atoms with Crippen molar-refractivity contribution < 1.29 is 9.53 Å². The van der Waals surface area contributed by atoms with Gasteiger partial charge < -0.3 is 15.8 Å². The summed E-state index contributed by atoms with van der Waals surface area (Å²) in [4.78, 5) is 12.1. The van der Waals surface area contributed by atoms with Crippen LogP contribution in [0.4, 0.5) is 0 Å². The molecular weight excluding hydrogens is 284 g/mol. The molecule has 0 saturated carbocycles. The highest BCUT2D eigenvalue weighted by Gasteiger charge is 2.04. The summed E-state index contributed by atoms with van der Waals surface area (Å²) >= 11 is 4.89. The zero-order chi connectivity index (χ0) is 15.7. The van der Waals surface area contributed by atoms with Crippen molar-refractivity contribution in [2.75, 3.05) is 19.8 Å². The molecule has 0 aliphatic heterocycles. The highest BCUT2D eigenvalue weighted by Crippen LogP contribution is 2.05. The number of rotatable bonds is 9. The van der Waals surface area contributed by atoms with E-state index in [0.29, 0.717) is 30.5 Å². The molecule has 0 saturated heterocycles. The van der Waals surface area contributed by atoms with Gasteiger partial charge in [0.2, 0.25) is 5.91 Å². The minimum atomic E-state index is -0.00876. The zero-order valence-corrected chi connectivity index (χ0v) is 13.5. The monoisotopic (exact) mass is 308 g/mol. The molecule has 4 nitrogen and oxygen atoms in total. The minimum Gasteiger partial charge on any atom is -0.389 e. The number of nitrogens with one attached hydrogen (secondary N) is 1. The number of hydrogen-bond acceptors (Lipinski definition) is 3. The van der Waals surface area contributed by atoms with Gasteiger partial charge in [-0.05, 0) is 17.9 Å². The molecule has 0 aliphatic carbocycles. The molecular formula is C16H24N2O2S. The van der Waals surface area contributed by atoms with Crippen LogP contribution in [0.5, 0.6) is 0 Å². The minimum absolute atomic E-state index is 0.00876. The number of carbonyl (C=O) groups excluding carboxylic acids is 1. The van der Waals surface area contributed by atoms with E-state index in [0.717, 1.165) is 24.2 Å². The van der Waals surface area contributed by atoms with Crippen molar-refractivity contribution in [1.29, 1.82) is 0 Å². The second-order valence-electron chi connectivity index (χ2n) is 5.38. The summed E-state index contributed by atoms with van der Waals surface area (Å²) in [6.45, 7) is 6.16. The van der Waals surface area contributed by atoms with Gasteiger partial charge in [-0.2, -0.15) is 0 Å². The van der Waals surface area contributed by atoms with Crippen molar-refractivity contribution in [3.05, 3.63) is 35.4 Å². The van der Waals surface area contributed by atoms with Gasteiger partial charge in [0, 0.05) is 18.7 Å². The van der Waals surface area contributed by atoms with Gasteiger partial charge in [0.15, 0.2) is 0 Å². The van der Waals surface area contributed by atoms with E-state index in [1.54, 1.807) is 0 Å². The van der Waals surface area contributed by atoms with E-state index in [-0.39, 0.29) is 5.91 Å². The first-order chi connectivity index (χ1) is 9.99. The van der Waals surface area contributed by atoms with Crippen LogP contribution in [0.25, 0.3) is 0 Å². The van der Waals surface area contributed by atoms with E-state index in [2.05, 4.69) is 19.2 Å². The molecule has 1 rings (SSSR count). The highest BCUT2D eigenvalue weighted by molar-refractivity contribution is 7.80. The van der Waals surface area contributed by atoms with Gasteiger partial charge in [0.1, 0.15) is 4.99 Å². The maximum absolute atomic E-state index is 11.8. The molecule has 0 unspecified atom stereocenters. The van der Waals surface area contributed by atoms with Gasteiger partial charge >= 0.3 is 0 Å². The van der Waals surface area contributed by atoms with E-state index in [9.17, 15) is 4.79 Å². The zero-order valence-electron chi connectivity index (χ0n) is 12.7. The maximum Gasteiger partial charge on any atom is 0.224 e. The van der Waals surface area contributed by atoms with Crippen LogP contribution in [0, 0.1) is 5.92 Å². The van der Waals surface area contributed by atoms with Crippen molar-refractivity contribution in [2.45, 2.75) is 26.7 Å². The van der Waals surface area contributed by atoms with Crippen LogP contribution in [-0.2, 0) is 16.0 Å². The number of hydrogen-bond donors (Lipinski definition) is 2. The third-order valence-corrected chi connectivity index (χ3v) is 3.25. The van der Waals surface area contributed by atoms with Gasteiger partial charge in [-0.1, -0.05) is 50.3 Å². The SMILES string of the molecule is CC(C)CCOCCNC(=O)Cc1ccc(C(N)=S)cc1. The fourth-order valence-electron chi connectivity index (χ4n) is 1.72. The molecule has 116 valence electrons. The highest BCUT2D eigenvalue weighted by atomic mass is 32.1. The first-order valence-corrected chi connectivity index (χ1v) is 7.63. The summed E-state index contributed by atoms with van der Waals surface area (Å²) in [5.74, 6) is 0.634. The topological polar surface area (TPSA) is 64.3 Å². The molecule has 0 atom stereocenters. The quantitative estimate of drug-likeness (QED) is 0.541. The van der Waals surface area contributed by atoms with Crippen molar-refractivity contribution in [3.63, 3.8) is 0 Å². The third-order valence-electron chi connectivity index (χ3n) is 3.01. The maximum atomic E-state index is 11.8. The first kappa shape index (κ1) is 17.6. The molecule has 3 N–H and O–H groups in total. The van der Waals surface area contributed by atoms with Gasteiger partial charge in [-0.3, -0.25) is 4.79 Å². The summed E-state index contributed by atoms with van der Waals surface area (Å²) in [7, 11) is 0. The smallest absolute Gasteiger partial charge is 0.224 e. The molecule has 0 aliphatic rings. The number of thiocarbonyl (C=S) groups is 1. The Balaban J connectivity index is 2.20. The molecule has 1 aromatic carbocycles. The number of carbonyl (C=O) groups is 1. The average molecular weight is 308 g/mol. The fraction of sp³-hybridized carbons (Fsp3) is 0.500. The van der Waals surface area contributed by atoms with Gasteiger partial charge in [0.25, 0.3) is 0 Å². The number of ether oxygens (including phenoxy) is 1. The van der Waals surface area contributed by atoms with Crippen LogP contribution >= 0.6 is 12.2 Å². The molecule has 1 amide bonds. The van der Waals surface area contributed by atoms with E-state index in [1.165, 1.54) is 0 Å². The summed E-state index contributed by atoms with van der Waals surface area (Å²) in [5, 5.41) is 2.84. The van der Waals surface area contributed by atoms with E-state index >= 15 is 0 Å². The van der Waals surface area contributed by atoms with Crippen LogP contribution in [-0.4, -0.2) is 30.7 Å². The Bertz CT molecular complexity index is 458. The Morgan fingerprint density at radius 3 is 2.52 bits per heavy atom. The predicted octanol–water partition coefficient (Wildman–Crippen LogP) is 2.04. The Morgan fingerprint density at radius 2 is 1.95 bits per heavy atom. The first-order valence-electron chi connectivity index (χ1n) is 7.22. The van der Waals surface area contributed by atoms with Crippen LogP contribution in [0.3, 0.4) is 0 Å². The van der Waals surface area contributed by atoms with Crippen molar-refractivity contribution in [2.24, 2.45) is 11.7 Å². The largest absolute Gasteiger partial charge is 0.389 e. The van der Waals surface area contributed by atoms with Crippen molar-refractivity contribution >= 4 is 23.1 Å². The molecule has 1 aromatic rings. The standard InChI is InChI=1S/C16H24N2O2S/c1-12(2)7-9-20-10-8-18-15(19)11-13-3-5-14(6-4-13)16(17)21/h3-6,12H,7-11H2,1-2H3,(H2,17,21)(H,18,19). The second kappa shape index (κ2) is 9.47. The third kappa shape index (κ3) is 7.78. The normalized spacial score (nSPS) is 10.6. The van der Waals surface area contributed by atoms with E-state index in [4.69, 9.17) is 22.7 Å². The predicted molar refractivity (Wildman–Crippen MR) is 89.3 cm³/mol. The lowest BCUT2D eigenvalue weighted by molar-refractivity contribution is -0.120. The summed E-state index contributed by atoms with van der Waals surface area (Å²) in [6, 6.07) is 7.40. The van der Waals surface area contributed by atoms with Crippen LogP contribution in [0.15, 0.2) is 24.3 Å². The Labute approximate surface area is 132 Å². The molecule has 0 spiro atoms. The Hall–Kier alpha value is -1.46. The molecule has 0 heterocycles. The summed E-state index contributed by atoms with van der Waals surface area (Å²) in [5.41, 5.74) is 7.28. The average Bonchev–Trinajstić information content (AvgIpc) is 2.43. The Morgan fingerprint density at radius 1 is 1.29 bits per heavy atom. The lowest BCUT2D eigenvalue weighted by Crippen LogP contribution is -2.28. The molecule has 21 heavy (non-hydrogen) atoms. The molecule has 0 bridgehead atoms. The number of benzene rings is 1. The Kier molecular flexibility index (Phi) is 7.93. The fourth-order valence-corrected chi connectivity index (χ4v) is 1.85. The summed E-state index contributed by atoms with van der Waals surface area (Å²) in [6.07, 6.45) is 1.40. The number of amides is 1. The lowest BCUT2D eigenvalue weighted by Gasteiger charge is -2.08. The second-order valence-corrected chi connectivity index (χ2v) is 5.82. The van der Waals surface area contributed by atoms with Crippen LogP contribution < -0.4 is 11.1 Å². The van der Waals surface area contributed by atoms with Gasteiger partial charge in [0.05, 0.1) is 13.0 Å². The van der Waals surface area contributed by atoms with E-state index < -0.39 is 0 Å². The van der Waals surface area contributed by atoms with Crippen LogP contribution in [0.2, 0.25) is 0 Å². The van der Waals surface area contributed by atoms with Crippen molar-refractivity contribution in [3.8, 4) is 0 Å². The van der Waals surface area contributed by atoms with Crippen molar-refractivity contribution in [1.82, 2.24) is 5.32 Å². The van der Waals surface area contributed by atoms with E-state index in [1.807, 2.05) is 24.3 Å². The van der Waals surface area contributed by atoms with Gasteiger partial charge in [-0.15, -0.1) is 0 Å². The van der Waals surface area contributed by atoms with Crippen LogP contribution in [0.1, 0.15) is 31.4 Å². The molecule has 0 aromatic heterocycles. The molecule has 0 radical (unpaired) electrons.